The number of hydrogen-bond acceptors (Lipinski definition) is 4. The summed E-state index contributed by atoms with van der Waals surface area (Å²) in [5.41, 5.74) is 2.69. The molecule has 2 N–H and O–H groups in total. The number of amides is 1. The highest BCUT2D eigenvalue weighted by Gasteiger charge is 2.13. The number of fused-ring (bicyclic) bond motifs is 1. The van der Waals surface area contributed by atoms with Gasteiger partial charge in [-0.1, -0.05) is 6.07 Å². The first kappa shape index (κ1) is 14.8. The van der Waals surface area contributed by atoms with Crippen molar-refractivity contribution in [2.75, 3.05) is 26.9 Å². The molecule has 5 nitrogen and oxygen atoms in total. The third-order valence-corrected chi connectivity index (χ3v) is 3.39. The molecule has 0 radical (unpaired) electrons. The van der Waals surface area contributed by atoms with Gasteiger partial charge in [0.1, 0.15) is 5.75 Å². The van der Waals surface area contributed by atoms with E-state index in [4.69, 9.17) is 14.6 Å². The van der Waals surface area contributed by atoms with Gasteiger partial charge in [0.05, 0.1) is 19.3 Å². The first-order valence-corrected chi connectivity index (χ1v) is 6.86. The maximum absolute atomic E-state index is 11.7. The van der Waals surface area contributed by atoms with Crippen molar-refractivity contribution in [1.82, 2.24) is 5.32 Å². The van der Waals surface area contributed by atoms with Gasteiger partial charge in [-0.15, -0.1) is 0 Å². The molecule has 0 aromatic heterocycles. The lowest BCUT2D eigenvalue weighted by Gasteiger charge is -2.15. The molecule has 0 spiro atoms. The molecule has 1 atom stereocenters. The van der Waals surface area contributed by atoms with Crippen molar-refractivity contribution in [2.45, 2.75) is 25.3 Å². The summed E-state index contributed by atoms with van der Waals surface area (Å²) < 4.78 is 10.4. The van der Waals surface area contributed by atoms with Gasteiger partial charge in [-0.05, 0) is 42.5 Å². The smallest absolute Gasteiger partial charge is 0.258 e. The van der Waals surface area contributed by atoms with Crippen molar-refractivity contribution in [3.05, 3.63) is 29.3 Å². The van der Waals surface area contributed by atoms with Crippen molar-refractivity contribution in [1.29, 1.82) is 0 Å². The van der Waals surface area contributed by atoms with Crippen LogP contribution in [0, 0.1) is 0 Å². The van der Waals surface area contributed by atoms with E-state index in [1.807, 2.05) is 12.1 Å². The predicted octanol–water partition coefficient (Wildman–Crippen LogP) is 0.678. The fourth-order valence-electron chi connectivity index (χ4n) is 2.40. The van der Waals surface area contributed by atoms with E-state index >= 15 is 0 Å². The zero-order chi connectivity index (χ0) is 14.4. The maximum Gasteiger partial charge on any atom is 0.258 e. The third kappa shape index (κ3) is 3.95. The quantitative estimate of drug-likeness (QED) is 0.770. The highest BCUT2D eigenvalue weighted by atomic mass is 16.5. The molecule has 1 aliphatic carbocycles. The molecule has 110 valence electrons. The van der Waals surface area contributed by atoms with Crippen LogP contribution >= 0.6 is 0 Å². The van der Waals surface area contributed by atoms with Crippen molar-refractivity contribution < 1.29 is 19.4 Å². The molecule has 5 heteroatoms. The second kappa shape index (κ2) is 7.26. The Morgan fingerprint density at radius 3 is 2.95 bits per heavy atom. The van der Waals surface area contributed by atoms with Crippen LogP contribution in [0.5, 0.6) is 5.75 Å². The number of aryl methyl sites for hydroxylation is 2. The lowest BCUT2D eigenvalue weighted by molar-refractivity contribution is -0.124. The van der Waals surface area contributed by atoms with Crippen LogP contribution in [0.3, 0.4) is 0 Å². The number of nitrogens with one attached hydrogen (secondary N) is 1. The van der Waals surface area contributed by atoms with Crippen molar-refractivity contribution in [2.24, 2.45) is 0 Å². The van der Waals surface area contributed by atoms with Gasteiger partial charge in [-0.25, -0.2) is 0 Å². The van der Waals surface area contributed by atoms with Crippen LogP contribution in [0.25, 0.3) is 0 Å². The topological polar surface area (TPSA) is 67.8 Å². The van der Waals surface area contributed by atoms with E-state index in [0.29, 0.717) is 5.75 Å². The summed E-state index contributed by atoms with van der Waals surface area (Å²) in [5, 5.41) is 11.7. The molecule has 0 heterocycles. The Labute approximate surface area is 118 Å². The van der Waals surface area contributed by atoms with Gasteiger partial charge in [0.2, 0.25) is 0 Å². The average Bonchev–Trinajstić information content (AvgIpc) is 2.92. The van der Waals surface area contributed by atoms with Gasteiger partial charge in [-0.3, -0.25) is 4.79 Å². The van der Waals surface area contributed by atoms with E-state index in [9.17, 15) is 4.79 Å². The van der Waals surface area contributed by atoms with Crippen LogP contribution in [-0.4, -0.2) is 44.0 Å². The van der Waals surface area contributed by atoms with Crippen molar-refractivity contribution >= 4 is 5.91 Å². The van der Waals surface area contributed by atoms with Crippen LogP contribution in [0.4, 0.5) is 0 Å². The molecule has 1 aromatic rings. The van der Waals surface area contributed by atoms with Crippen molar-refractivity contribution in [3.63, 3.8) is 0 Å². The fraction of sp³-hybridized carbons (Fsp3) is 0.533. The third-order valence-electron chi connectivity index (χ3n) is 3.39. The van der Waals surface area contributed by atoms with Gasteiger partial charge in [0, 0.05) is 7.11 Å². The van der Waals surface area contributed by atoms with Gasteiger partial charge in [0.25, 0.3) is 5.91 Å². The number of rotatable bonds is 7. The monoisotopic (exact) mass is 279 g/mol. The van der Waals surface area contributed by atoms with Crippen LogP contribution in [0.2, 0.25) is 0 Å². The Bertz CT molecular complexity index is 461. The highest BCUT2D eigenvalue weighted by molar-refractivity contribution is 5.77. The number of aliphatic hydroxyl groups excluding tert-OH is 1. The number of methoxy groups -OCH3 is 1. The summed E-state index contributed by atoms with van der Waals surface area (Å²) >= 11 is 0. The van der Waals surface area contributed by atoms with E-state index in [1.165, 1.54) is 24.7 Å². The number of carbonyl (C=O) groups is 1. The molecule has 0 aliphatic heterocycles. The lowest BCUT2D eigenvalue weighted by atomic mass is 10.1. The molecule has 0 saturated carbocycles. The molecule has 20 heavy (non-hydrogen) atoms. The van der Waals surface area contributed by atoms with E-state index < -0.39 is 6.04 Å². The van der Waals surface area contributed by atoms with Crippen LogP contribution in [0.1, 0.15) is 17.5 Å². The molecular weight excluding hydrogens is 258 g/mol. The Kier molecular flexibility index (Phi) is 5.38. The summed E-state index contributed by atoms with van der Waals surface area (Å²) in [6.45, 7) is 0.0680. The maximum atomic E-state index is 11.7. The summed E-state index contributed by atoms with van der Waals surface area (Å²) in [5.74, 6) is 0.453. The summed E-state index contributed by atoms with van der Waals surface area (Å²) in [6.07, 6.45) is 3.40. The summed E-state index contributed by atoms with van der Waals surface area (Å²) in [6, 6.07) is 5.58. The largest absolute Gasteiger partial charge is 0.484 e. The number of ether oxygens (including phenoxy) is 2. The zero-order valence-electron chi connectivity index (χ0n) is 11.7. The minimum Gasteiger partial charge on any atom is -0.484 e. The Hall–Kier alpha value is -1.59. The molecule has 1 aromatic carbocycles. The molecule has 2 rings (SSSR count). The molecule has 1 amide bonds. The summed E-state index contributed by atoms with van der Waals surface area (Å²) in [7, 11) is 1.52. The van der Waals surface area contributed by atoms with E-state index in [0.717, 1.165) is 12.8 Å². The van der Waals surface area contributed by atoms with Gasteiger partial charge >= 0.3 is 0 Å². The molecule has 0 saturated heterocycles. The summed E-state index contributed by atoms with van der Waals surface area (Å²) in [4.78, 5) is 11.7. The second-order valence-electron chi connectivity index (χ2n) is 4.98. The Balaban J connectivity index is 1.81. The van der Waals surface area contributed by atoms with Crippen LogP contribution in [-0.2, 0) is 22.4 Å². The lowest BCUT2D eigenvalue weighted by Crippen LogP contribution is -2.42. The van der Waals surface area contributed by atoms with Crippen LogP contribution < -0.4 is 10.1 Å². The number of benzene rings is 1. The van der Waals surface area contributed by atoms with Gasteiger partial charge < -0.3 is 19.9 Å². The van der Waals surface area contributed by atoms with Crippen LogP contribution in [0.15, 0.2) is 18.2 Å². The Morgan fingerprint density at radius 2 is 2.20 bits per heavy atom. The van der Waals surface area contributed by atoms with Gasteiger partial charge in [-0.2, -0.15) is 0 Å². The van der Waals surface area contributed by atoms with E-state index in [1.54, 1.807) is 0 Å². The predicted molar refractivity (Wildman–Crippen MR) is 74.9 cm³/mol. The SMILES string of the molecule is COCC(CO)NC(=O)COc1ccc2c(c1)CCC2. The standard InChI is InChI=1S/C15H21NO4/c1-19-9-13(8-17)16-15(18)10-20-14-6-5-11-3-2-4-12(11)7-14/h5-7,13,17H,2-4,8-10H2,1H3,(H,16,18). The minimum atomic E-state index is -0.392. The average molecular weight is 279 g/mol. The molecule has 0 bridgehead atoms. The molecule has 1 aliphatic rings. The Morgan fingerprint density at radius 1 is 1.40 bits per heavy atom. The highest BCUT2D eigenvalue weighted by Crippen LogP contribution is 2.25. The second-order valence-corrected chi connectivity index (χ2v) is 4.98. The first-order valence-electron chi connectivity index (χ1n) is 6.86. The normalized spacial score (nSPS) is 14.7. The van der Waals surface area contributed by atoms with Gasteiger partial charge in [0.15, 0.2) is 6.61 Å². The number of hydrogen-bond donors (Lipinski definition) is 2. The first-order chi connectivity index (χ1) is 9.72. The molecular formula is C15H21NO4. The fourth-order valence-corrected chi connectivity index (χ4v) is 2.40. The molecule has 1 unspecified atom stereocenters. The van der Waals surface area contributed by atoms with E-state index in [-0.39, 0.29) is 25.7 Å². The molecule has 0 fully saturated rings. The van der Waals surface area contributed by atoms with Crippen molar-refractivity contribution in [3.8, 4) is 5.75 Å². The number of aliphatic hydroxyl groups is 1. The zero-order valence-corrected chi connectivity index (χ0v) is 11.7. The number of carbonyl (C=O) groups excluding carboxylic acids is 1. The van der Waals surface area contributed by atoms with E-state index in [2.05, 4.69) is 11.4 Å². The minimum absolute atomic E-state index is 0.0565.